The summed E-state index contributed by atoms with van der Waals surface area (Å²) in [5.74, 6) is 0.279. The number of thioether (sulfide) groups is 1. The number of carbonyl (C=O) groups excluding carboxylic acids is 1. The summed E-state index contributed by atoms with van der Waals surface area (Å²) in [5, 5.41) is 3.24. The Hall–Kier alpha value is -1.04. The molecule has 0 bridgehead atoms. The SMILES string of the molecule is O=C(CSCc1ccc(Cl)cc1)Nc1ccc(Br)cc1F. The number of hydrogen-bond donors (Lipinski definition) is 1. The molecule has 0 heterocycles. The molecule has 0 unspecified atom stereocenters. The molecule has 2 rings (SSSR count). The van der Waals surface area contributed by atoms with Gasteiger partial charge in [0, 0.05) is 15.2 Å². The number of halogens is 3. The first kappa shape index (κ1) is 16.3. The van der Waals surface area contributed by atoms with Gasteiger partial charge in [-0.1, -0.05) is 39.7 Å². The van der Waals surface area contributed by atoms with Crippen LogP contribution < -0.4 is 5.32 Å². The monoisotopic (exact) mass is 387 g/mol. The van der Waals surface area contributed by atoms with E-state index in [2.05, 4.69) is 21.2 Å². The Labute approximate surface area is 140 Å². The Kier molecular flexibility index (Phi) is 6.08. The van der Waals surface area contributed by atoms with Gasteiger partial charge < -0.3 is 5.32 Å². The van der Waals surface area contributed by atoms with Crippen LogP contribution in [0.1, 0.15) is 5.56 Å². The van der Waals surface area contributed by atoms with E-state index in [1.54, 1.807) is 6.07 Å². The maximum absolute atomic E-state index is 13.6. The quantitative estimate of drug-likeness (QED) is 0.771. The molecular formula is C15H12BrClFNOS. The van der Waals surface area contributed by atoms with Crippen molar-refractivity contribution in [2.75, 3.05) is 11.1 Å². The normalized spacial score (nSPS) is 10.4. The Morgan fingerprint density at radius 3 is 2.62 bits per heavy atom. The second kappa shape index (κ2) is 7.82. The molecule has 6 heteroatoms. The van der Waals surface area contributed by atoms with Crippen LogP contribution in [0.3, 0.4) is 0 Å². The van der Waals surface area contributed by atoms with E-state index in [-0.39, 0.29) is 17.3 Å². The number of benzene rings is 2. The zero-order chi connectivity index (χ0) is 15.2. The molecule has 110 valence electrons. The minimum absolute atomic E-state index is 0.190. The zero-order valence-corrected chi connectivity index (χ0v) is 14.1. The van der Waals surface area contributed by atoms with Gasteiger partial charge in [0.1, 0.15) is 5.82 Å². The van der Waals surface area contributed by atoms with E-state index in [1.165, 1.54) is 23.9 Å². The van der Waals surface area contributed by atoms with Crippen molar-refractivity contribution in [3.05, 3.63) is 63.3 Å². The minimum Gasteiger partial charge on any atom is -0.323 e. The molecule has 21 heavy (non-hydrogen) atoms. The third-order valence-corrected chi connectivity index (χ3v) is 4.37. The third kappa shape index (κ3) is 5.34. The topological polar surface area (TPSA) is 29.1 Å². The Morgan fingerprint density at radius 1 is 1.24 bits per heavy atom. The van der Waals surface area contributed by atoms with Crippen LogP contribution in [0.25, 0.3) is 0 Å². The molecule has 1 N–H and O–H groups in total. The van der Waals surface area contributed by atoms with E-state index in [9.17, 15) is 9.18 Å². The summed E-state index contributed by atoms with van der Waals surface area (Å²) in [7, 11) is 0. The fraction of sp³-hybridized carbons (Fsp3) is 0.133. The van der Waals surface area contributed by atoms with Gasteiger partial charge >= 0.3 is 0 Å². The van der Waals surface area contributed by atoms with Gasteiger partial charge in [0.05, 0.1) is 11.4 Å². The van der Waals surface area contributed by atoms with Crippen LogP contribution in [-0.2, 0) is 10.5 Å². The average molecular weight is 389 g/mol. The zero-order valence-electron chi connectivity index (χ0n) is 10.9. The minimum atomic E-state index is -0.458. The molecule has 2 aromatic carbocycles. The molecule has 0 radical (unpaired) electrons. The number of carbonyl (C=O) groups is 1. The molecule has 0 spiro atoms. The summed E-state index contributed by atoms with van der Waals surface area (Å²) in [6.07, 6.45) is 0. The fourth-order valence-electron chi connectivity index (χ4n) is 1.62. The van der Waals surface area contributed by atoms with Crippen molar-refractivity contribution in [1.82, 2.24) is 0 Å². The van der Waals surface area contributed by atoms with Crippen molar-refractivity contribution in [2.24, 2.45) is 0 Å². The van der Waals surface area contributed by atoms with Crippen LogP contribution in [0.4, 0.5) is 10.1 Å². The summed E-state index contributed by atoms with van der Waals surface area (Å²) in [5.41, 5.74) is 1.28. The summed E-state index contributed by atoms with van der Waals surface area (Å²) < 4.78 is 14.2. The molecule has 0 fully saturated rings. The van der Waals surface area contributed by atoms with Crippen LogP contribution in [0.5, 0.6) is 0 Å². The van der Waals surface area contributed by atoms with Gasteiger partial charge in [-0.25, -0.2) is 4.39 Å². The highest BCUT2D eigenvalue weighted by Gasteiger charge is 2.07. The number of nitrogens with one attached hydrogen (secondary N) is 1. The van der Waals surface area contributed by atoms with E-state index in [4.69, 9.17) is 11.6 Å². The van der Waals surface area contributed by atoms with Crippen molar-refractivity contribution in [2.45, 2.75) is 5.75 Å². The summed E-state index contributed by atoms with van der Waals surface area (Å²) in [6.45, 7) is 0. The van der Waals surface area contributed by atoms with Crippen LogP contribution in [0.15, 0.2) is 46.9 Å². The van der Waals surface area contributed by atoms with Crippen molar-refractivity contribution >= 4 is 50.9 Å². The van der Waals surface area contributed by atoms with Crippen LogP contribution in [0, 0.1) is 5.82 Å². The molecule has 2 aromatic rings. The molecule has 0 aliphatic heterocycles. The van der Waals surface area contributed by atoms with Gasteiger partial charge in [-0.2, -0.15) is 0 Å². The molecular weight excluding hydrogens is 377 g/mol. The fourth-order valence-corrected chi connectivity index (χ4v) is 2.87. The van der Waals surface area contributed by atoms with Crippen LogP contribution in [0.2, 0.25) is 5.02 Å². The maximum Gasteiger partial charge on any atom is 0.234 e. The molecule has 2 nitrogen and oxygen atoms in total. The first-order valence-corrected chi connectivity index (χ1v) is 8.44. The number of anilines is 1. The lowest BCUT2D eigenvalue weighted by Crippen LogP contribution is -2.15. The van der Waals surface area contributed by atoms with Crippen LogP contribution in [-0.4, -0.2) is 11.7 Å². The molecule has 0 aromatic heterocycles. The average Bonchev–Trinajstić information content (AvgIpc) is 2.44. The Balaban J connectivity index is 1.81. The highest BCUT2D eigenvalue weighted by atomic mass is 79.9. The number of amides is 1. The second-order valence-corrected chi connectivity index (χ2v) is 6.63. The second-order valence-electron chi connectivity index (χ2n) is 4.29. The van der Waals surface area contributed by atoms with Crippen LogP contribution >= 0.6 is 39.3 Å². The lowest BCUT2D eigenvalue weighted by atomic mass is 10.2. The van der Waals surface area contributed by atoms with Gasteiger partial charge in [0.2, 0.25) is 5.91 Å². The Bertz CT molecular complexity index is 636. The highest BCUT2D eigenvalue weighted by molar-refractivity contribution is 9.10. The first-order chi connectivity index (χ1) is 10.0. The highest BCUT2D eigenvalue weighted by Crippen LogP contribution is 2.20. The van der Waals surface area contributed by atoms with Gasteiger partial charge in [-0.05, 0) is 35.9 Å². The van der Waals surface area contributed by atoms with E-state index >= 15 is 0 Å². The first-order valence-electron chi connectivity index (χ1n) is 6.11. The molecule has 0 saturated carbocycles. The largest absolute Gasteiger partial charge is 0.323 e. The van der Waals surface area contributed by atoms with E-state index in [0.717, 1.165) is 5.56 Å². The summed E-state index contributed by atoms with van der Waals surface area (Å²) in [6, 6.07) is 12.0. The van der Waals surface area contributed by atoms with Crippen molar-refractivity contribution in [1.29, 1.82) is 0 Å². The molecule has 0 saturated heterocycles. The Morgan fingerprint density at radius 2 is 1.95 bits per heavy atom. The predicted molar refractivity (Wildman–Crippen MR) is 90.3 cm³/mol. The molecule has 0 aliphatic rings. The molecule has 0 atom stereocenters. The summed E-state index contributed by atoms with van der Waals surface area (Å²) in [4.78, 5) is 11.8. The van der Waals surface area contributed by atoms with Gasteiger partial charge in [-0.3, -0.25) is 4.79 Å². The molecule has 1 amide bonds. The standard InChI is InChI=1S/C15H12BrClFNOS/c16-11-3-6-14(13(18)7-11)19-15(20)9-21-8-10-1-4-12(17)5-2-10/h1-7H,8-9H2,(H,19,20). The smallest absolute Gasteiger partial charge is 0.234 e. The predicted octanol–water partition coefficient (Wildman–Crippen LogP) is 5.11. The lowest BCUT2D eigenvalue weighted by molar-refractivity contribution is -0.113. The van der Waals surface area contributed by atoms with Crippen molar-refractivity contribution < 1.29 is 9.18 Å². The van der Waals surface area contributed by atoms with E-state index < -0.39 is 5.82 Å². The summed E-state index contributed by atoms with van der Waals surface area (Å²) >= 11 is 10.4. The number of hydrogen-bond acceptors (Lipinski definition) is 2. The van der Waals surface area contributed by atoms with E-state index in [1.807, 2.05) is 24.3 Å². The van der Waals surface area contributed by atoms with Crippen molar-refractivity contribution in [3.63, 3.8) is 0 Å². The maximum atomic E-state index is 13.6. The van der Waals surface area contributed by atoms with Gasteiger partial charge in [-0.15, -0.1) is 11.8 Å². The van der Waals surface area contributed by atoms with Crippen molar-refractivity contribution in [3.8, 4) is 0 Å². The lowest BCUT2D eigenvalue weighted by Gasteiger charge is -2.07. The van der Waals surface area contributed by atoms with E-state index in [0.29, 0.717) is 15.2 Å². The van der Waals surface area contributed by atoms with Gasteiger partial charge in [0.15, 0.2) is 0 Å². The number of rotatable bonds is 5. The molecule has 0 aliphatic carbocycles. The third-order valence-electron chi connectivity index (χ3n) is 2.62. The van der Waals surface area contributed by atoms with Gasteiger partial charge in [0.25, 0.3) is 0 Å².